The zero-order valence-corrected chi connectivity index (χ0v) is 10.2. The van der Waals surface area contributed by atoms with Crippen molar-refractivity contribution in [3.05, 3.63) is 60.3 Å². The summed E-state index contributed by atoms with van der Waals surface area (Å²) in [5, 5.41) is 0. The summed E-state index contributed by atoms with van der Waals surface area (Å²) in [5.74, 6) is 0. The minimum Gasteiger partial charge on any atom is -0.0991 e. The van der Waals surface area contributed by atoms with Gasteiger partial charge in [0.15, 0.2) is 0 Å². The Kier molecular flexibility index (Phi) is 8.46. The van der Waals surface area contributed by atoms with Gasteiger partial charge >= 0.3 is 0 Å². The second-order valence-electron chi connectivity index (χ2n) is 3.63. The molecule has 0 atom stereocenters. The molecule has 1 rings (SSSR count). The van der Waals surface area contributed by atoms with E-state index in [0.29, 0.717) is 0 Å². The quantitative estimate of drug-likeness (QED) is 0.554. The van der Waals surface area contributed by atoms with Crippen molar-refractivity contribution >= 4 is 0 Å². The predicted molar refractivity (Wildman–Crippen MR) is 70.9 cm³/mol. The Morgan fingerprint density at radius 2 is 2.20 bits per heavy atom. The van der Waals surface area contributed by atoms with E-state index < -0.39 is 0 Å². The van der Waals surface area contributed by atoms with Crippen LogP contribution < -0.4 is 0 Å². The van der Waals surface area contributed by atoms with Gasteiger partial charge in [-0.1, -0.05) is 60.3 Å². The summed E-state index contributed by atoms with van der Waals surface area (Å²) in [6, 6.07) is 0. The first-order valence-electron chi connectivity index (χ1n) is 5.45. The van der Waals surface area contributed by atoms with E-state index in [4.69, 9.17) is 0 Å². The van der Waals surface area contributed by atoms with E-state index >= 15 is 0 Å². The maximum atomic E-state index is 3.57. The summed E-state index contributed by atoms with van der Waals surface area (Å²) in [6.07, 6.45) is 16.8. The van der Waals surface area contributed by atoms with Gasteiger partial charge in [-0.05, 0) is 33.6 Å². The number of hydrogen-bond donors (Lipinski definition) is 0. The predicted octanol–water partition coefficient (Wildman–Crippen LogP) is 4.98. The SMILES string of the molecule is C=C/C=C(C)\C=C/C.CC1=CC=CCC1. The van der Waals surface area contributed by atoms with Gasteiger partial charge in [0.25, 0.3) is 0 Å². The molecule has 0 heteroatoms. The average Bonchev–Trinajstić information content (AvgIpc) is 2.20. The van der Waals surface area contributed by atoms with Gasteiger partial charge in [0, 0.05) is 0 Å². The van der Waals surface area contributed by atoms with Crippen LogP contribution in [-0.2, 0) is 0 Å². The molecule has 0 aromatic rings. The van der Waals surface area contributed by atoms with Crippen LogP contribution in [0.25, 0.3) is 0 Å². The molecular weight excluding hydrogens is 180 g/mol. The van der Waals surface area contributed by atoms with Crippen molar-refractivity contribution in [1.29, 1.82) is 0 Å². The molecule has 0 saturated heterocycles. The number of hydrogen-bond acceptors (Lipinski definition) is 0. The van der Waals surface area contributed by atoms with Crippen LogP contribution in [0.15, 0.2) is 60.3 Å². The summed E-state index contributed by atoms with van der Waals surface area (Å²) in [6.45, 7) is 9.79. The lowest BCUT2D eigenvalue weighted by Crippen LogP contribution is -1.78. The molecule has 0 nitrogen and oxygen atoms in total. The normalized spacial score (nSPS) is 15.7. The van der Waals surface area contributed by atoms with Gasteiger partial charge in [-0.2, -0.15) is 0 Å². The fourth-order valence-corrected chi connectivity index (χ4v) is 1.23. The van der Waals surface area contributed by atoms with Gasteiger partial charge in [0.1, 0.15) is 0 Å². The lowest BCUT2D eigenvalue weighted by Gasteiger charge is -1.98. The molecular formula is C15H22. The fraction of sp³-hybridized carbons (Fsp3) is 0.333. The van der Waals surface area contributed by atoms with Gasteiger partial charge in [0.05, 0.1) is 0 Å². The molecule has 0 bridgehead atoms. The highest BCUT2D eigenvalue weighted by Crippen LogP contribution is 2.08. The molecule has 0 unspecified atom stereocenters. The van der Waals surface area contributed by atoms with Crippen molar-refractivity contribution in [3.8, 4) is 0 Å². The highest BCUT2D eigenvalue weighted by Gasteiger charge is 1.88. The molecule has 0 radical (unpaired) electrons. The van der Waals surface area contributed by atoms with E-state index in [1.165, 1.54) is 24.0 Å². The molecule has 0 aliphatic heterocycles. The molecule has 15 heavy (non-hydrogen) atoms. The second-order valence-corrected chi connectivity index (χ2v) is 3.63. The first-order valence-corrected chi connectivity index (χ1v) is 5.45. The minimum atomic E-state index is 1.24. The molecule has 0 aromatic carbocycles. The maximum Gasteiger partial charge on any atom is -0.0285 e. The smallest absolute Gasteiger partial charge is 0.0285 e. The number of allylic oxidation sites excluding steroid dienone is 9. The summed E-state index contributed by atoms with van der Waals surface area (Å²) in [4.78, 5) is 0. The van der Waals surface area contributed by atoms with Crippen LogP contribution in [-0.4, -0.2) is 0 Å². The first kappa shape index (κ1) is 13.7. The summed E-state index contributed by atoms with van der Waals surface area (Å²) in [5.41, 5.74) is 2.74. The Morgan fingerprint density at radius 3 is 2.53 bits per heavy atom. The van der Waals surface area contributed by atoms with Crippen molar-refractivity contribution < 1.29 is 0 Å². The van der Waals surface area contributed by atoms with Crippen LogP contribution in [0.4, 0.5) is 0 Å². The van der Waals surface area contributed by atoms with E-state index in [1.54, 1.807) is 6.08 Å². The third kappa shape index (κ3) is 9.01. The lowest BCUT2D eigenvalue weighted by atomic mass is 10.1. The standard InChI is InChI=1S/C8H12.C7H10/c1-4-6-8(3)7-5-2;1-7-5-3-2-4-6-7/h4-7H,1H2,2-3H3;2-3,5H,4,6H2,1H3/b7-5-,8-6-;. The van der Waals surface area contributed by atoms with Crippen molar-refractivity contribution in [2.45, 2.75) is 33.6 Å². The van der Waals surface area contributed by atoms with Crippen LogP contribution in [0.5, 0.6) is 0 Å². The molecule has 0 saturated carbocycles. The topological polar surface area (TPSA) is 0 Å². The van der Waals surface area contributed by atoms with Crippen LogP contribution >= 0.6 is 0 Å². The molecule has 0 heterocycles. The van der Waals surface area contributed by atoms with E-state index in [2.05, 4.69) is 31.7 Å². The Labute approximate surface area is 94.4 Å². The maximum absolute atomic E-state index is 3.57. The van der Waals surface area contributed by atoms with E-state index in [1.807, 2.05) is 32.1 Å². The Morgan fingerprint density at radius 1 is 1.47 bits per heavy atom. The van der Waals surface area contributed by atoms with E-state index in [-0.39, 0.29) is 0 Å². The summed E-state index contributed by atoms with van der Waals surface area (Å²) >= 11 is 0. The highest BCUT2D eigenvalue weighted by molar-refractivity contribution is 5.19. The molecule has 0 fully saturated rings. The van der Waals surface area contributed by atoms with Crippen molar-refractivity contribution in [2.24, 2.45) is 0 Å². The van der Waals surface area contributed by atoms with Crippen LogP contribution in [0.2, 0.25) is 0 Å². The van der Waals surface area contributed by atoms with Gasteiger partial charge in [-0.15, -0.1) is 0 Å². The van der Waals surface area contributed by atoms with E-state index in [9.17, 15) is 0 Å². The van der Waals surface area contributed by atoms with Gasteiger partial charge in [-0.25, -0.2) is 0 Å². The Hall–Kier alpha value is -1.30. The Balaban J connectivity index is 0.000000262. The summed E-state index contributed by atoms with van der Waals surface area (Å²) < 4.78 is 0. The highest BCUT2D eigenvalue weighted by atomic mass is 13.9. The molecule has 0 N–H and O–H groups in total. The molecule has 0 aromatic heterocycles. The van der Waals surface area contributed by atoms with Crippen molar-refractivity contribution in [3.63, 3.8) is 0 Å². The second kappa shape index (κ2) is 9.26. The monoisotopic (exact) mass is 202 g/mol. The van der Waals surface area contributed by atoms with Crippen LogP contribution in [0.1, 0.15) is 33.6 Å². The molecule has 1 aliphatic carbocycles. The average molecular weight is 202 g/mol. The van der Waals surface area contributed by atoms with Crippen molar-refractivity contribution in [2.75, 3.05) is 0 Å². The molecule has 0 spiro atoms. The summed E-state index contributed by atoms with van der Waals surface area (Å²) in [7, 11) is 0. The molecule has 0 amide bonds. The third-order valence-electron chi connectivity index (χ3n) is 2.03. The fourth-order valence-electron chi connectivity index (χ4n) is 1.23. The largest absolute Gasteiger partial charge is 0.0991 e. The van der Waals surface area contributed by atoms with Crippen molar-refractivity contribution in [1.82, 2.24) is 0 Å². The lowest BCUT2D eigenvalue weighted by molar-refractivity contribution is 0.962. The zero-order chi connectivity index (χ0) is 11.5. The van der Waals surface area contributed by atoms with E-state index in [0.717, 1.165) is 0 Å². The minimum absolute atomic E-state index is 1.24. The Bertz CT molecular complexity index is 285. The molecule has 82 valence electrons. The van der Waals surface area contributed by atoms with Gasteiger partial charge < -0.3 is 0 Å². The zero-order valence-electron chi connectivity index (χ0n) is 10.2. The van der Waals surface area contributed by atoms with Crippen LogP contribution in [0, 0.1) is 0 Å². The number of rotatable bonds is 2. The van der Waals surface area contributed by atoms with Gasteiger partial charge in [0.2, 0.25) is 0 Å². The van der Waals surface area contributed by atoms with Gasteiger partial charge in [-0.3, -0.25) is 0 Å². The molecule has 1 aliphatic rings. The first-order chi connectivity index (χ1) is 7.20. The third-order valence-corrected chi connectivity index (χ3v) is 2.03. The van der Waals surface area contributed by atoms with Crippen LogP contribution in [0.3, 0.4) is 0 Å².